The molecule has 1 saturated heterocycles. The Labute approximate surface area is 140 Å². The molecular weight excluding hydrogens is 314 g/mol. The van der Waals surface area contributed by atoms with Crippen LogP contribution in [-0.4, -0.2) is 33.7 Å². The molecule has 0 unspecified atom stereocenters. The van der Waals surface area contributed by atoms with Crippen molar-refractivity contribution in [3.63, 3.8) is 0 Å². The largest absolute Gasteiger partial charge is 0.465 e. The molecule has 3 rings (SSSR count). The lowest BCUT2D eigenvalue weighted by molar-refractivity contribution is 0.0975. The van der Waals surface area contributed by atoms with E-state index in [4.69, 9.17) is 22.7 Å². The Hall–Kier alpha value is -1.40. The van der Waals surface area contributed by atoms with Crippen LogP contribution >= 0.6 is 23.6 Å². The number of benzene rings is 1. The van der Waals surface area contributed by atoms with Gasteiger partial charge in [-0.05, 0) is 57.1 Å². The van der Waals surface area contributed by atoms with Crippen LogP contribution in [-0.2, 0) is 4.74 Å². The number of fused-ring (bicyclic) bond motifs is 1. The van der Waals surface area contributed by atoms with Crippen molar-refractivity contribution in [2.75, 3.05) is 18.8 Å². The van der Waals surface area contributed by atoms with Gasteiger partial charge in [0.25, 0.3) is 5.17 Å². The van der Waals surface area contributed by atoms with Crippen molar-refractivity contribution in [2.45, 2.75) is 38.7 Å². The quantitative estimate of drug-likeness (QED) is 0.804. The maximum Gasteiger partial charge on any atom is 0.259 e. The van der Waals surface area contributed by atoms with Gasteiger partial charge in [0, 0.05) is 19.0 Å². The van der Waals surface area contributed by atoms with Crippen molar-refractivity contribution < 1.29 is 4.74 Å². The van der Waals surface area contributed by atoms with Crippen molar-refractivity contribution in [3.05, 3.63) is 23.8 Å². The number of anilines is 1. The van der Waals surface area contributed by atoms with Crippen LogP contribution in [0.3, 0.4) is 0 Å². The Morgan fingerprint density at radius 3 is 2.95 bits per heavy atom. The molecule has 0 spiro atoms. The van der Waals surface area contributed by atoms with Crippen LogP contribution in [0.15, 0.2) is 18.2 Å². The summed E-state index contributed by atoms with van der Waals surface area (Å²) in [6, 6.07) is 6.43. The number of hydrogen-bond acceptors (Lipinski definition) is 5. The predicted octanol–water partition coefficient (Wildman–Crippen LogP) is 3.77. The van der Waals surface area contributed by atoms with Crippen LogP contribution in [0.2, 0.25) is 0 Å². The van der Waals surface area contributed by atoms with Gasteiger partial charge < -0.3 is 15.4 Å². The van der Waals surface area contributed by atoms with E-state index in [0.717, 1.165) is 29.7 Å². The lowest BCUT2D eigenvalue weighted by atomic mass is 9.98. The molecule has 1 aliphatic heterocycles. The Kier molecular flexibility index (Phi) is 3.99. The standard InChI is InChI=1S/C16H21N3OS2/c1-16(2,3)20-15(21)19-7-6-11(9-19)10-4-5-12-13(8-10)22-14(17)18-12/h4-5,8,11H,6-7,9H2,1-3H3,(H2,17,18)/t11-/m0/s1. The molecule has 0 saturated carbocycles. The number of nitrogen functional groups attached to an aromatic ring is 1. The summed E-state index contributed by atoms with van der Waals surface area (Å²) in [7, 11) is 0. The third-order valence-electron chi connectivity index (χ3n) is 3.74. The van der Waals surface area contributed by atoms with Gasteiger partial charge in [-0.1, -0.05) is 17.4 Å². The van der Waals surface area contributed by atoms with Gasteiger partial charge in [0.1, 0.15) is 5.60 Å². The van der Waals surface area contributed by atoms with Gasteiger partial charge in [0.2, 0.25) is 0 Å². The van der Waals surface area contributed by atoms with Crippen molar-refractivity contribution in [1.82, 2.24) is 9.88 Å². The molecule has 2 heterocycles. The third kappa shape index (κ3) is 3.33. The normalized spacial score (nSPS) is 18.9. The summed E-state index contributed by atoms with van der Waals surface area (Å²) < 4.78 is 6.97. The Bertz CT molecular complexity index is 705. The Morgan fingerprint density at radius 2 is 2.23 bits per heavy atom. The number of aromatic nitrogens is 1. The number of nitrogens with two attached hydrogens (primary N) is 1. The summed E-state index contributed by atoms with van der Waals surface area (Å²) >= 11 is 6.97. The molecule has 6 heteroatoms. The monoisotopic (exact) mass is 335 g/mol. The van der Waals surface area contributed by atoms with Gasteiger partial charge >= 0.3 is 0 Å². The molecule has 22 heavy (non-hydrogen) atoms. The van der Waals surface area contributed by atoms with Gasteiger partial charge in [-0.25, -0.2) is 4.98 Å². The highest BCUT2D eigenvalue weighted by Gasteiger charge is 2.28. The summed E-state index contributed by atoms with van der Waals surface area (Å²) in [6.45, 7) is 7.93. The summed E-state index contributed by atoms with van der Waals surface area (Å²) in [4.78, 5) is 6.47. The van der Waals surface area contributed by atoms with Gasteiger partial charge in [0.15, 0.2) is 5.13 Å². The summed E-state index contributed by atoms with van der Waals surface area (Å²) in [5, 5.41) is 1.23. The highest BCUT2D eigenvalue weighted by molar-refractivity contribution is 7.80. The van der Waals surface area contributed by atoms with Gasteiger partial charge in [-0.15, -0.1) is 0 Å². The molecule has 2 aromatic rings. The molecule has 0 bridgehead atoms. The van der Waals surface area contributed by atoms with Crippen molar-refractivity contribution in [3.8, 4) is 0 Å². The summed E-state index contributed by atoms with van der Waals surface area (Å²) in [6.07, 6.45) is 1.09. The second kappa shape index (κ2) is 5.66. The predicted molar refractivity (Wildman–Crippen MR) is 96.4 cm³/mol. The first kappa shape index (κ1) is 15.5. The molecule has 2 N–H and O–H groups in total. The van der Waals surface area contributed by atoms with Crippen LogP contribution in [0.1, 0.15) is 38.7 Å². The first-order chi connectivity index (χ1) is 10.3. The first-order valence-corrected chi connectivity index (χ1v) is 8.68. The molecule has 1 aromatic heterocycles. The fraction of sp³-hybridized carbons (Fsp3) is 0.500. The zero-order chi connectivity index (χ0) is 15.9. The van der Waals surface area contributed by atoms with Gasteiger partial charge in [-0.3, -0.25) is 0 Å². The highest BCUT2D eigenvalue weighted by Crippen LogP contribution is 2.32. The van der Waals surface area contributed by atoms with Crippen LogP contribution < -0.4 is 5.73 Å². The third-order valence-corrected chi connectivity index (χ3v) is 4.93. The zero-order valence-corrected chi connectivity index (χ0v) is 14.8. The number of thiazole rings is 1. The topological polar surface area (TPSA) is 51.4 Å². The number of likely N-dealkylation sites (tertiary alicyclic amines) is 1. The van der Waals surface area contributed by atoms with Crippen LogP contribution in [0, 0.1) is 0 Å². The minimum absolute atomic E-state index is 0.242. The number of thiocarbonyl (C=S) groups is 1. The van der Waals surface area contributed by atoms with Crippen molar-refractivity contribution in [1.29, 1.82) is 0 Å². The van der Waals surface area contributed by atoms with E-state index >= 15 is 0 Å². The molecule has 118 valence electrons. The molecule has 1 atom stereocenters. The molecule has 0 amide bonds. The fourth-order valence-corrected chi connectivity index (χ4v) is 3.94. The second-order valence-corrected chi connectivity index (χ2v) is 8.10. The maximum absolute atomic E-state index is 5.81. The summed E-state index contributed by atoms with van der Waals surface area (Å²) in [5.74, 6) is 0.481. The molecule has 1 aromatic carbocycles. The molecular formula is C16H21N3OS2. The maximum atomic E-state index is 5.81. The van der Waals surface area contributed by atoms with E-state index in [1.165, 1.54) is 5.56 Å². The van der Waals surface area contributed by atoms with Crippen molar-refractivity contribution >= 4 is 44.1 Å². The lowest BCUT2D eigenvalue weighted by Crippen LogP contribution is -2.35. The average molecular weight is 335 g/mol. The van der Waals surface area contributed by atoms with E-state index in [1.807, 2.05) is 20.8 Å². The fourth-order valence-electron chi connectivity index (χ4n) is 2.74. The molecule has 1 fully saturated rings. The van der Waals surface area contributed by atoms with Crippen LogP contribution in [0.25, 0.3) is 10.2 Å². The van der Waals surface area contributed by atoms with Crippen LogP contribution in [0.4, 0.5) is 5.13 Å². The minimum atomic E-state index is -0.242. The second-order valence-electron chi connectivity index (χ2n) is 6.69. The number of ether oxygens (including phenoxy) is 1. The minimum Gasteiger partial charge on any atom is -0.465 e. The van der Waals surface area contributed by atoms with E-state index in [-0.39, 0.29) is 5.60 Å². The van der Waals surface area contributed by atoms with E-state index in [0.29, 0.717) is 16.2 Å². The smallest absolute Gasteiger partial charge is 0.259 e. The Balaban J connectivity index is 1.72. The number of rotatable bonds is 1. The molecule has 0 radical (unpaired) electrons. The number of nitrogens with zero attached hydrogens (tertiary/aromatic N) is 2. The molecule has 4 nitrogen and oxygen atoms in total. The zero-order valence-electron chi connectivity index (χ0n) is 13.1. The highest BCUT2D eigenvalue weighted by atomic mass is 32.1. The number of hydrogen-bond donors (Lipinski definition) is 1. The van der Waals surface area contributed by atoms with E-state index in [2.05, 4.69) is 28.1 Å². The Morgan fingerprint density at radius 1 is 1.45 bits per heavy atom. The summed E-state index contributed by atoms with van der Waals surface area (Å²) in [5.41, 5.74) is 7.85. The molecule has 0 aliphatic carbocycles. The average Bonchev–Trinajstić information content (AvgIpc) is 3.00. The SMILES string of the molecule is CC(C)(C)OC(=S)N1CC[C@H](c2ccc3nc(N)sc3c2)C1. The van der Waals surface area contributed by atoms with E-state index in [9.17, 15) is 0 Å². The van der Waals surface area contributed by atoms with Crippen LogP contribution in [0.5, 0.6) is 0 Å². The van der Waals surface area contributed by atoms with Crippen molar-refractivity contribution in [2.24, 2.45) is 0 Å². The van der Waals surface area contributed by atoms with E-state index in [1.54, 1.807) is 11.3 Å². The first-order valence-electron chi connectivity index (χ1n) is 7.46. The van der Waals surface area contributed by atoms with E-state index < -0.39 is 0 Å². The van der Waals surface area contributed by atoms with Gasteiger partial charge in [0.05, 0.1) is 10.2 Å². The van der Waals surface area contributed by atoms with Gasteiger partial charge in [-0.2, -0.15) is 0 Å². The lowest BCUT2D eigenvalue weighted by Gasteiger charge is -2.27. The molecule has 1 aliphatic rings.